The minimum atomic E-state index is -0.871. The number of benzene rings is 3. The van der Waals surface area contributed by atoms with Crippen molar-refractivity contribution < 1.29 is 9.90 Å². The number of nitrogens with zero attached hydrogens (tertiary/aromatic N) is 1. The fraction of sp³-hybridized carbons (Fsp3) is 0.179. The fourth-order valence-electron chi connectivity index (χ4n) is 4.74. The number of halogens is 2. The summed E-state index contributed by atoms with van der Waals surface area (Å²) in [4.78, 5) is 15.4. The normalized spacial score (nSPS) is 12.4. The van der Waals surface area contributed by atoms with Crippen molar-refractivity contribution in [2.24, 2.45) is 0 Å². The second-order valence-corrected chi connectivity index (χ2v) is 9.58. The number of para-hydroxylation sites is 2. The van der Waals surface area contributed by atoms with E-state index in [1.807, 2.05) is 54.7 Å². The van der Waals surface area contributed by atoms with Crippen LogP contribution in [0.3, 0.4) is 0 Å². The number of nitrogens with one attached hydrogen (secondary N) is 2. The van der Waals surface area contributed by atoms with Gasteiger partial charge in [0.05, 0.1) is 0 Å². The zero-order valence-electron chi connectivity index (χ0n) is 19.2. The summed E-state index contributed by atoms with van der Waals surface area (Å²) in [5, 5.41) is 16.6. The smallest absolute Gasteiger partial charge is 0.321 e. The van der Waals surface area contributed by atoms with Gasteiger partial charge in [0.1, 0.15) is 6.04 Å². The number of carboxylic acid groups (broad SMARTS) is 1. The van der Waals surface area contributed by atoms with E-state index in [1.165, 1.54) is 0 Å². The van der Waals surface area contributed by atoms with Crippen molar-refractivity contribution in [3.63, 3.8) is 0 Å². The third-order valence-electron chi connectivity index (χ3n) is 6.63. The minimum absolute atomic E-state index is 0.386. The van der Waals surface area contributed by atoms with Crippen molar-refractivity contribution in [1.29, 1.82) is 0 Å². The molecule has 3 aromatic carbocycles. The summed E-state index contributed by atoms with van der Waals surface area (Å²) < 4.78 is 2.22. The zero-order chi connectivity index (χ0) is 24.5. The Morgan fingerprint density at radius 3 is 2.54 bits per heavy atom. The standard InChI is InChI=1S/C28H25Cl2N3O2/c1-17-23(15-32-26(28(34)35)12-19-14-31-25-8-4-2-6-21(19)25)22-7-3-5-9-27(22)33(17)16-18-10-11-20(29)13-24(18)30/h2-11,13-14,26,31-32H,12,15-16H2,1H3,(H,34,35). The molecule has 0 aliphatic carbocycles. The molecule has 2 aromatic heterocycles. The van der Waals surface area contributed by atoms with Gasteiger partial charge in [0.2, 0.25) is 0 Å². The maximum atomic E-state index is 12.1. The molecule has 7 heteroatoms. The molecule has 0 fully saturated rings. The van der Waals surface area contributed by atoms with E-state index in [4.69, 9.17) is 23.2 Å². The first kappa shape index (κ1) is 23.5. The molecule has 3 N–H and O–H groups in total. The van der Waals surface area contributed by atoms with Gasteiger partial charge < -0.3 is 14.7 Å². The highest BCUT2D eigenvalue weighted by Crippen LogP contribution is 2.29. The van der Waals surface area contributed by atoms with Gasteiger partial charge in [0, 0.05) is 63.3 Å². The summed E-state index contributed by atoms with van der Waals surface area (Å²) in [5.41, 5.74) is 6.19. The van der Waals surface area contributed by atoms with E-state index in [0.29, 0.717) is 29.6 Å². The van der Waals surface area contributed by atoms with E-state index in [-0.39, 0.29) is 0 Å². The van der Waals surface area contributed by atoms with Gasteiger partial charge in [-0.05, 0) is 47.9 Å². The molecule has 2 heterocycles. The van der Waals surface area contributed by atoms with Crippen LogP contribution in [0.15, 0.2) is 72.9 Å². The van der Waals surface area contributed by atoms with E-state index in [9.17, 15) is 9.90 Å². The van der Waals surface area contributed by atoms with Crippen molar-refractivity contribution >= 4 is 51.0 Å². The molecule has 0 aliphatic rings. The highest BCUT2D eigenvalue weighted by molar-refractivity contribution is 6.35. The maximum Gasteiger partial charge on any atom is 0.321 e. The lowest BCUT2D eigenvalue weighted by molar-refractivity contribution is -0.139. The topological polar surface area (TPSA) is 70.1 Å². The molecule has 1 unspecified atom stereocenters. The lowest BCUT2D eigenvalue weighted by Gasteiger charge is -2.15. The quantitative estimate of drug-likeness (QED) is 0.223. The van der Waals surface area contributed by atoms with Gasteiger partial charge in [-0.15, -0.1) is 0 Å². The third-order valence-corrected chi connectivity index (χ3v) is 7.21. The van der Waals surface area contributed by atoms with Crippen LogP contribution in [0.25, 0.3) is 21.8 Å². The monoisotopic (exact) mass is 505 g/mol. The molecule has 0 radical (unpaired) electrons. The SMILES string of the molecule is Cc1c(CNC(Cc2c[nH]c3ccccc23)C(=O)O)c2ccccc2n1Cc1ccc(Cl)cc1Cl. The molecule has 5 aromatic rings. The van der Waals surface area contributed by atoms with Gasteiger partial charge in [-0.25, -0.2) is 0 Å². The predicted molar refractivity (Wildman–Crippen MR) is 143 cm³/mol. The van der Waals surface area contributed by atoms with Crippen molar-refractivity contribution in [3.8, 4) is 0 Å². The minimum Gasteiger partial charge on any atom is -0.480 e. The highest BCUT2D eigenvalue weighted by atomic mass is 35.5. The molecule has 0 bridgehead atoms. The summed E-state index contributed by atoms with van der Waals surface area (Å²) in [6.45, 7) is 3.10. The number of carboxylic acids is 1. The molecule has 0 spiro atoms. The van der Waals surface area contributed by atoms with Gasteiger partial charge in [-0.1, -0.05) is 65.7 Å². The van der Waals surface area contributed by atoms with E-state index in [0.717, 1.165) is 44.2 Å². The van der Waals surface area contributed by atoms with E-state index < -0.39 is 12.0 Å². The second-order valence-electron chi connectivity index (χ2n) is 8.74. The Bertz CT molecular complexity index is 1540. The Morgan fingerprint density at radius 2 is 1.77 bits per heavy atom. The number of fused-ring (bicyclic) bond motifs is 2. The van der Waals surface area contributed by atoms with Crippen LogP contribution in [0.2, 0.25) is 10.0 Å². The second kappa shape index (κ2) is 9.78. The lowest BCUT2D eigenvalue weighted by atomic mass is 10.0. The molecule has 0 saturated carbocycles. The number of aromatic nitrogens is 2. The number of aliphatic carboxylic acids is 1. The fourth-order valence-corrected chi connectivity index (χ4v) is 5.21. The molecule has 5 rings (SSSR count). The van der Waals surface area contributed by atoms with Crippen LogP contribution >= 0.6 is 23.2 Å². The molecule has 0 saturated heterocycles. The zero-order valence-corrected chi connectivity index (χ0v) is 20.7. The van der Waals surface area contributed by atoms with Crippen molar-refractivity contribution in [2.75, 3.05) is 0 Å². The number of H-pyrrole nitrogens is 1. The molecule has 5 nitrogen and oxygen atoms in total. The van der Waals surface area contributed by atoms with Gasteiger partial charge in [-0.2, -0.15) is 0 Å². The van der Waals surface area contributed by atoms with Crippen LogP contribution in [-0.4, -0.2) is 26.7 Å². The number of aromatic amines is 1. The first-order chi connectivity index (χ1) is 16.9. The first-order valence-electron chi connectivity index (χ1n) is 11.4. The van der Waals surface area contributed by atoms with Crippen LogP contribution in [0, 0.1) is 6.92 Å². The van der Waals surface area contributed by atoms with Crippen molar-refractivity contribution in [1.82, 2.24) is 14.9 Å². The van der Waals surface area contributed by atoms with Gasteiger partial charge in [0.25, 0.3) is 0 Å². The lowest BCUT2D eigenvalue weighted by Crippen LogP contribution is -2.38. The number of rotatable bonds is 8. The summed E-state index contributed by atoms with van der Waals surface area (Å²) in [7, 11) is 0. The molecule has 1 atom stereocenters. The maximum absolute atomic E-state index is 12.1. The Hall–Kier alpha value is -3.25. The summed E-state index contributed by atoms with van der Waals surface area (Å²) in [5.74, 6) is -0.871. The molecule has 35 heavy (non-hydrogen) atoms. The average molecular weight is 506 g/mol. The molecule has 178 valence electrons. The molecule has 0 amide bonds. The van der Waals surface area contributed by atoms with Crippen LogP contribution in [0.5, 0.6) is 0 Å². The van der Waals surface area contributed by atoms with E-state index in [2.05, 4.69) is 33.9 Å². The first-order valence-corrected chi connectivity index (χ1v) is 12.2. The highest BCUT2D eigenvalue weighted by Gasteiger charge is 2.21. The molecular weight excluding hydrogens is 481 g/mol. The molecule has 0 aliphatic heterocycles. The Morgan fingerprint density at radius 1 is 1.03 bits per heavy atom. The van der Waals surface area contributed by atoms with Crippen LogP contribution in [0.4, 0.5) is 0 Å². The summed E-state index contributed by atoms with van der Waals surface area (Å²) in [6, 6.07) is 20.9. The largest absolute Gasteiger partial charge is 0.480 e. The van der Waals surface area contributed by atoms with Gasteiger partial charge in [-0.3, -0.25) is 10.1 Å². The van der Waals surface area contributed by atoms with Gasteiger partial charge >= 0.3 is 5.97 Å². The summed E-state index contributed by atoms with van der Waals surface area (Å²) >= 11 is 12.5. The average Bonchev–Trinajstić information content (AvgIpc) is 3.37. The van der Waals surface area contributed by atoms with Crippen molar-refractivity contribution in [3.05, 3.63) is 105 Å². The Balaban J connectivity index is 1.43. The number of carbonyl (C=O) groups is 1. The van der Waals surface area contributed by atoms with Crippen molar-refractivity contribution in [2.45, 2.75) is 32.5 Å². The number of hydrogen-bond acceptors (Lipinski definition) is 2. The van der Waals surface area contributed by atoms with Gasteiger partial charge in [0.15, 0.2) is 0 Å². The Kier molecular flexibility index (Phi) is 6.56. The van der Waals surface area contributed by atoms with E-state index >= 15 is 0 Å². The number of hydrogen-bond donors (Lipinski definition) is 3. The predicted octanol–water partition coefficient (Wildman–Crippen LogP) is 6.57. The van der Waals surface area contributed by atoms with Crippen LogP contribution in [-0.2, 0) is 24.3 Å². The summed E-state index contributed by atoms with van der Waals surface area (Å²) in [6.07, 6.45) is 2.28. The third kappa shape index (κ3) is 4.67. The molecular formula is C28H25Cl2N3O2. The van der Waals surface area contributed by atoms with Crippen LogP contribution in [0.1, 0.15) is 22.4 Å². The van der Waals surface area contributed by atoms with Crippen LogP contribution < -0.4 is 5.32 Å². The van der Waals surface area contributed by atoms with E-state index in [1.54, 1.807) is 6.07 Å². The Labute approximate surface area is 213 Å².